The summed E-state index contributed by atoms with van der Waals surface area (Å²) in [6, 6.07) is 0. The van der Waals surface area contributed by atoms with Gasteiger partial charge in [0.15, 0.2) is 0 Å². The molecule has 0 saturated carbocycles. The van der Waals surface area contributed by atoms with Crippen LogP contribution in [0.15, 0.2) is 0 Å². The Hall–Kier alpha value is -1.16. The van der Waals surface area contributed by atoms with E-state index in [9.17, 15) is 0 Å². The number of aryl methyl sites for hydroxylation is 3. The van der Waals surface area contributed by atoms with Crippen molar-refractivity contribution in [3.05, 3.63) is 21.8 Å². The SMILES string of the molecule is N=c1c2c3c(sc2nc2n1CCC2)CCCCC3. The van der Waals surface area contributed by atoms with E-state index in [-0.39, 0.29) is 0 Å². The van der Waals surface area contributed by atoms with Gasteiger partial charge in [-0.25, -0.2) is 4.98 Å². The van der Waals surface area contributed by atoms with E-state index in [0.29, 0.717) is 0 Å². The largest absolute Gasteiger partial charge is 0.314 e. The van der Waals surface area contributed by atoms with Gasteiger partial charge < -0.3 is 4.57 Å². The number of thiophene rings is 1. The Morgan fingerprint density at radius 3 is 2.89 bits per heavy atom. The van der Waals surface area contributed by atoms with E-state index in [0.717, 1.165) is 41.9 Å². The first kappa shape index (κ1) is 10.7. The number of hydrogen-bond donors (Lipinski definition) is 1. The van der Waals surface area contributed by atoms with Crippen molar-refractivity contribution < 1.29 is 0 Å². The van der Waals surface area contributed by atoms with Crippen molar-refractivity contribution in [3.8, 4) is 0 Å². The van der Waals surface area contributed by atoms with E-state index < -0.39 is 0 Å². The van der Waals surface area contributed by atoms with E-state index in [1.807, 2.05) is 11.3 Å². The van der Waals surface area contributed by atoms with Gasteiger partial charge in [-0.2, -0.15) is 0 Å². The zero-order valence-electron chi connectivity index (χ0n) is 10.5. The molecule has 0 amide bonds. The van der Waals surface area contributed by atoms with E-state index in [4.69, 9.17) is 10.4 Å². The summed E-state index contributed by atoms with van der Waals surface area (Å²) in [6.45, 7) is 0.988. The monoisotopic (exact) mass is 259 g/mol. The molecule has 4 rings (SSSR count). The standard InChI is InChI=1S/C14H17N3S/c15-13-12-9-5-2-1-3-6-10(9)18-14(12)16-11-7-4-8-17(11)13/h15H,1-8H2. The smallest absolute Gasteiger partial charge is 0.136 e. The lowest BCUT2D eigenvalue weighted by molar-refractivity contribution is 0.696. The number of aromatic nitrogens is 2. The Morgan fingerprint density at radius 2 is 1.94 bits per heavy atom. The van der Waals surface area contributed by atoms with Crippen molar-refractivity contribution in [2.45, 2.75) is 51.5 Å². The molecule has 0 atom stereocenters. The van der Waals surface area contributed by atoms with Crippen LogP contribution in [-0.4, -0.2) is 9.55 Å². The number of hydrogen-bond acceptors (Lipinski definition) is 3. The highest BCUT2D eigenvalue weighted by atomic mass is 32.1. The quantitative estimate of drug-likeness (QED) is 0.726. The molecule has 0 bridgehead atoms. The van der Waals surface area contributed by atoms with Crippen LogP contribution in [0.3, 0.4) is 0 Å². The van der Waals surface area contributed by atoms with E-state index >= 15 is 0 Å². The van der Waals surface area contributed by atoms with Crippen molar-refractivity contribution in [2.75, 3.05) is 0 Å². The molecule has 0 fully saturated rings. The van der Waals surface area contributed by atoms with Gasteiger partial charge in [0, 0.05) is 17.8 Å². The Morgan fingerprint density at radius 1 is 1.06 bits per heavy atom. The van der Waals surface area contributed by atoms with E-state index in [1.54, 1.807) is 0 Å². The molecule has 3 heterocycles. The van der Waals surface area contributed by atoms with Gasteiger partial charge in [-0.1, -0.05) is 6.42 Å². The molecule has 18 heavy (non-hydrogen) atoms. The summed E-state index contributed by atoms with van der Waals surface area (Å²) in [5, 5.41) is 9.65. The van der Waals surface area contributed by atoms with Crippen LogP contribution >= 0.6 is 11.3 Å². The molecule has 1 aliphatic carbocycles. The average molecular weight is 259 g/mol. The van der Waals surface area contributed by atoms with Crippen LogP contribution in [0.25, 0.3) is 10.2 Å². The fourth-order valence-electron chi connectivity index (χ4n) is 3.32. The van der Waals surface area contributed by atoms with Crippen molar-refractivity contribution in [1.82, 2.24) is 9.55 Å². The second-order valence-corrected chi connectivity index (χ2v) is 6.46. The topological polar surface area (TPSA) is 41.7 Å². The Balaban J connectivity index is 2.06. The maximum atomic E-state index is 8.48. The lowest BCUT2D eigenvalue weighted by atomic mass is 10.1. The Bertz CT molecular complexity index is 680. The van der Waals surface area contributed by atoms with Crippen LogP contribution < -0.4 is 5.49 Å². The van der Waals surface area contributed by atoms with Crippen molar-refractivity contribution in [3.63, 3.8) is 0 Å². The number of nitrogens with zero attached hydrogens (tertiary/aromatic N) is 2. The Kier molecular flexibility index (Phi) is 2.34. The van der Waals surface area contributed by atoms with E-state index in [2.05, 4.69) is 4.57 Å². The molecule has 2 aliphatic rings. The highest BCUT2D eigenvalue weighted by Gasteiger charge is 2.21. The minimum absolute atomic E-state index is 0.729. The first-order valence-electron chi connectivity index (χ1n) is 6.93. The summed E-state index contributed by atoms with van der Waals surface area (Å²) in [5.74, 6) is 1.13. The molecule has 3 nitrogen and oxygen atoms in total. The number of fused-ring (bicyclic) bond motifs is 4. The van der Waals surface area contributed by atoms with Gasteiger partial charge in [-0.3, -0.25) is 5.41 Å². The van der Waals surface area contributed by atoms with Gasteiger partial charge in [-0.15, -0.1) is 11.3 Å². The summed E-state index contributed by atoms with van der Waals surface area (Å²) in [6.07, 6.45) is 8.47. The van der Waals surface area contributed by atoms with Crippen molar-refractivity contribution in [1.29, 1.82) is 5.41 Å². The minimum Gasteiger partial charge on any atom is -0.314 e. The third-order valence-electron chi connectivity index (χ3n) is 4.23. The second-order valence-electron chi connectivity index (χ2n) is 5.38. The second kappa shape index (κ2) is 3.92. The summed E-state index contributed by atoms with van der Waals surface area (Å²) in [5.41, 5.74) is 2.18. The van der Waals surface area contributed by atoms with Gasteiger partial charge in [-0.05, 0) is 37.7 Å². The normalized spacial score (nSPS) is 18.7. The molecule has 0 saturated heterocycles. The van der Waals surface area contributed by atoms with E-state index in [1.165, 1.54) is 41.5 Å². The van der Waals surface area contributed by atoms with Gasteiger partial charge in [0.1, 0.15) is 16.1 Å². The zero-order chi connectivity index (χ0) is 12.1. The molecule has 1 aliphatic heterocycles. The van der Waals surface area contributed by atoms with Gasteiger partial charge in [0.25, 0.3) is 0 Å². The Labute approximate surface area is 110 Å². The molecule has 0 aromatic carbocycles. The first-order valence-corrected chi connectivity index (χ1v) is 7.75. The minimum atomic E-state index is 0.729. The van der Waals surface area contributed by atoms with Crippen LogP contribution in [0.5, 0.6) is 0 Å². The molecule has 4 heteroatoms. The molecule has 0 radical (unpaired) electrons. The third kappa shape index (κ3) is 1.41. The molecule has 94 valence electrons. The summed E-state index contributed by atoms with van der Waals surface area (Å²) >= 11 is 1.85. The number of rotatable bonds is 0. The van der Waals surface area contributed by atoms with Gasteiger partial charge in [0.05, 0.1) is 5.39 Å². The molecule has 2 aromatic rings. The highest BCUT2D eigenvalue weighted by molar-refractivity contribution is 7.18. The van der Waals surface area contributed by atoms with Gasteiger partial charge >= 0.3 is 0 Å². The molecule has 0 unspecified atom stereocenters. The summed E-state index contributed by atoms with van der Waals surface area (Å²) in [7, 11) is 0. The maximum Gasteiger partial charge on any atom is 0.136 e. The summed E-state index contributed by atoms with van der Waals surface area (Å²) in [4.78, 5) is 7.45. The van der Waals surface area contributed by atoms with Crippen molar-refractivity contribution >= 4 is 21.6 Å². The number of nitrogens with one attached hydrogen (secondary N) is 1. The van der Waals surface area contributed by atoms with Crippen LogP contribution in [0.1, 0.15) is 41.9 Å². The lowest BCUT2D eigenvalue weighted by Gasteiger charge is -2.05. The van der Waals surface area contributed by atoms with Gasteiger partial charge in [0.2, 0.25) is 0 Å². The van der Waals surface area contributed by atoms with Crippen LogP contribution in [0.4, 0.5) is 0 Å². The fourth-order valence-corrected chi connectivity index (χ4v) is 4.60. The molecular weight excluding hydrogens is 242 g/mol. The van der Waals surface area contributed by atoms with Crippen molar-refractivity contribution in [2.24, 2.45) is 0 Å². The predicted molar refractivity (Wildman–Crippen MR) is 73.0 cm³/mol. The fraction of sp³-hybridized carbons (Fsp3) is 0.571. The zero-order valence-corrected chi connectivity index (χ0v) is 11.3. The highest BCUT2D eigenvalue weighted by Crippen LogP contribution is 2.33. The lowest BCUT2D eigenvalue weighted by Crippen LogP contribution is -2.21. The average Bonchev–Trinajstić information content (AvgIpc) is 2.89. The summed E-state index contributed by atoms with van der Waals surface area (Å²) < 4.78 is 2.13. The van der Waals surface area contributed by atoms with Crippen LogP contribution in [0.2, 0.25) is 0 Å². The maximum absolute atomic E-state index is 8.48. The van der Waals surface area contributed by atoms with Crippen LogP contribution in [-0.2, 0) is 25.8 Å². The molecule has 0 spiro atoms. The van der Waals surface area contributed by atoms with Crippen LogP contribution in [0, 0.1) is 5.41 Å². The first-order chi connectivity index (χ1) is 8.84. The third-order valence-corrected chi connectivity index (χ3v) is 5.42. The molecular formula is C14H17N3S. The molecule has 2 aromatic heterocycles. The molecule has 1 N–H and O–H groups in total. The predicted octanol–water partition coefficient (Wildman–Crippen LogP) is 2.79.